The van der Waals surface area contributed by atoms with Crippen molar-refractivity contribution >= 4 is 29.9 Å². The van der Waals surface area contributed by atoms with E-state index < -0.39 is 0 Å². The molecule has 0 saturated heterocycles. The second-order valence-corrected chi connectivity index (χ2v) is 7.33. The summed E-state index contributed by atoms with van der Waals surface area (Å²) in [6.07, 6.45) is 4.26. The molecule has 0 aliphatic heterocycles. The highest BCUT2D eigenvalue weighted by Crippen LogP contribution is 2.21. The van der Waals surface area contributed by atoms with E-state index in [4.69, 9.17) is 17.3 Å². The van der Waals surface area contributed by atoms with Crippen LogP contribution in [0.4, 0.5) is 0 Å². The summed E-state index contributed by atoms with van der Waals surface area (Å²) in [4.78, 5) is 12.5. The SMILES string of the molecule is Cc1nn(-c2ccc(Cl)cc2)c(C)c1CC(=O)NC1CCC(N)CC1.Cl. The van der Waals surface area contributed by atoms with Gasteiger partial charge in [0.1, 0.15) is 0 Å². The summed E-state index contributed by atoms with van der Waals surface area (Å²) in [5.41, 5.74) is 9.72. The van der Waals surface area contributed by atoms with Gasteiger partial charge in [0.2, 0.25) is 5.91 Å². The third-order valence-corrected chi connectivity index (χ3v) is 5.24. The van der Waals surface area contributed by atoms with Crippen molar-refractivity contribution in [3.8, 4) is 5.69 Å². The zero-order valence-corrected chi connectivity index (χ0v) is 16.7. The number of hydrogen-bond donors (Lipinski definition) is 2. The van der Waals surface area contributed by atoms with Crippen molar-refractivity contribution in [3.05, 3.63) is 46.2 Å². The lowest BCUT2D eigenvalue weighted by Crippen LogP contribution is -2.41. The summed E-state index contributed by atoms with van der Waals surface area (Å²) in [5, 5.41) is 8.44. The van der Waals surface area contributed by atoms with Gasteiger partial charge in [-0.2, -0.15) is 5.10 Å². The summed E-state index contributed by atoms with van der Waals surface area (Å²) < 4.78 is 1.87. The molecule has 142 valence electrons. The van der Waals surface area contributed by atoms with Crippen LogP contribution in [0.3, 0.4) is 0 Å². The maximum absolute atomic E-state index is 12.5. The highest BCUT2D eigenvalue weighted by molar-refractivity contribution is 6.30. The molecule has 3 N–H and O–H groups in total. The van der Waals surface area contributed by atoms with Gasteiger partial charge in [-0.1, -0.05) is 11.6 Å². The molecule has 1 saturated carbocycles. The third kappa shape index (κ3) is 4.78. The fourth-order valence-electron chi connectivity index (χ4n) is 3.47. The van der Waals surface area contributed by atoms with Crippen LogP contribution in [0.25, 0.3) is 5.69 Å². The monoisotopic (exact) mass is 396 g/mol. The molecule has 7 heteroatoms. The molecule has 3 rings (SSSR count). The van der Waals surface area contributed by atoms with Crippen LogP contribution in [0.5, 0.6) is 0 Å². The summed E-state index contributed by atoms with van der Waals surface area (Å²) in [7, 11) is 0. The zero-order chi connectivity index (χ0) is 18.0. The number of amides is 1. The Labute approximate surface area is 165 Å². The van der Waals surface area contributed by atoms with E-state index in [1.165, 1.54) is 0 Å². The van der Waals surface area contributed by atoms with Gasteiger partial charge in [0.05, 0.1) is 17.8 Å². The van der Waals surface area contributed by atoms with Gasteiger partial charge >= 0.3 is 0 Å². The van der Waals surface area contributed by atoms with Crippen LogP contribution in [-0.4, -0.2) is 27.8 Å². The second-order valence-electron chi connectivity index (χ2n) is 6.89. The first-order chi connectivity index (χ1) is 11.9. The van der Waals surface area contributed by atoms with Crippen molar-refractivity contribution in [1.82, 2.24) is 15.1 Å². The van der Waals surface area contributed by atoms with E-state index in [1.807, 2.05) is 42.8 Å². The molecule has 1 aliphatic rings. The lowest BCUT2D eigenvalue weighted by Gasteiger charge is -2.26. The number of nitrogens with one attached hydrogen (secondary N) is 1. The fraction of sp³-hybridized carbons (Fsp3) is 0.474. The highest BCUT2D eigenvalue weighted by atomic mass is 35.5. The van der Waals surface area contributed by atoms with Crippen LogP contribution in [-0.2, 0) is 11.2 Å². The minimum absolute atomic E-state index is 0. The van der Waals surface area contributed by atoms with Crippen LogP contribution in [0, 0.1) is 13.8 Å². The van der Waals surface area contributed by atoms with E-state index in [-0.39, 0.29) is 30.4 Å². The molecule has 1 fully saturated rings. The smallest absolute Gasteiger partial charge is 0.224 e. The van der Waals surface area contributed by atoms with Crippen molar-refractivity contribution in [3.63, 3.8) is 0 Å². The predicted molar refractivity (Wildman–Crippen MR) is 107 cm³/mol. The van der Waals surface area contributed by atoms with E-state index in [0.717, 1.165) is 48.3 Å². The molecule has 1 aromatic heterocycles. The van der Waals surface area contributed by atoms with Crippen LogP contribution in [0.1, 0.15) is 42.6 Å². The van der Waals surface area contributed by atoms with E-state index in [1.54, 1.807) is 0 Å². The Morgan fingerprint density at radius 2 is 1.85 bits per heavy atom. The Balaban J connectivity index is 0.00000243. The van der Waals surface area contributed by atoms with E-state index >= 15 is 0 Å². The molecule has 0 unspecified atom stereocenters. The van der Waals surface area contributed by atoms with Gasteiger partial charge in [-0.05, 0) is 63.8 Å². The number of carbonyl (C=O) groups excluding carboxylic acids is 1. The molecule has 2 aromatic rings. The lowest BCUT2D eigenvalue weighted by molar-refractivity contribution is -0.121. The summed E-state index contributed by atoms with van der Waals surface area (Å²) in [6.45, 7) is 3.94. The van der Waals surface area contributed by atoms with Gasteiger partial charge in [0, 0.05) is 28.4 Å². The van der Waals surface area contributed by atoms with E-state index in [0.29, 0.717) is 11.4 Å². The molecular formula is C19H26Cl2N4O. The van der Waals surface area contributed by atoms with Gasteiger partial charge in [-0.15, -0.1) is 12.4 Å². The number of nitrogens with two attached hydrogens (primary N) is 1. The molecule has 0 radical (unpaired) electrons. The average molecular weight is 397 g/mol. The van der Waals surface area contributed by atoms with Gasteiger partial charge in [0.25, 0.3) is 0 Å². The Hall–Kier alpha value is -1.56. The number of aromatic nitrogens is 2. The van der Waals surface area contributed by atoms with Crippen molar-refractivity contribution in [2.24, 2.45) is 5.73 Å². The first-order valence-corrected chi connectivity index (χ1v) is 9.18. The van der Waals surface area contributed by atoms with E-state index in [2.05, 4.69) is 10.4 Å². The molecule has 1 aliphatic carbocycles. The van der Waals surface area contributed by atoms with Gasteiger partial charge < -0.3 is 11.1 Å². The topological polar surface area (TPSA) is 72.9 Å². The van der Waals surface area contributed by atoms with Crippen LogP contribution in [0.15, 0.2) is 24.3 Å². The predicted octanol–water partition coefficient (Wildman–Crippen LogP) is 3.49. The second kappa shape index (κ2) is 8.89. The first kappa shape index (κ1) is 20.7. The average Bonchev–Trinajstić information content (AvgIpc) is 2.86. The molecule has 1 amide bonds. The van der Waals surface area contributed by atoms with Crippen molar-refractivity contribution in [2.75, 3.05) is 0 Å². The van der Waals surface area contributed by atoms with Crippen LogP contribution < -0.4 is 11.1 Å². The molecule has 26 heavy (non-hydrogen) atoms. The molecule has 0 spiro atoms. The third-order valence-electron chi connectivity index (χ3n) is 4.99. The quantitative estimate of drug-likeness (QED) is 0.830. The van der Waals surface area contributed by atoms with Crippen molar-refractivity contribution < 1.29 is 4.79 Å². The summed E-state index contributed by atoms with van der Waals surface area (Å²) in [6, 6.07) is 8.07. The molecule has 1 aromatic carbocycles. The van der Waals surface area contributed by atoms with Crippen LogP contribution >= 0.6 is 24.0 Å². The fourth-order valence-corrected chi connectivity index (χ4v) is 3.59. The number of aryl methyl sites for hydroxylation is 1. The van der Waals surface area contributed by atoms with Gasteiger partial charge in [-0.25, -0.2) is 4.68 Å². The molecule has 5 nitrogen and oxygen atoms in total. The maximum atomic E-state index is 12.5. The zero-order valence-electron chi connectivity index (χ0n) is 15.2. The Bertz CT molecular complexity index is 750. The van der Waals surface area contributed by atoms with Crippen LogP contribution in [0.2, 0.25) is 5.02 Å². The van der Waals surface area contributed by atoms with Crippen molar-refractivity contribution in [2.45, 2.75) is 58.0 Å². The minimum Gasteiger partial charge on any atom is -0.353 e. The minimum atomic E-state index is 0. The number of halogens is 2. The molecule has 0 bridgehead atoms. The number of nitrogens with zero attached hydrogens (tertiary/aromatic N) is 2. The lowest BCUT2D eigenvalue weighted by atomic mass is 9.91. The Kier molecular flexibility index (Phi) is 7.09. The van der Waals surface area contributed by atoms with Gasteiger partial charge in [-0.3, -0.25) is 4.79 Å². The number of rotatable bonds is 4. The summed E-state index contributed by atoms with van der Waals surface area (Å²) in [5.74, 6) is 0.0577. The molecule has 1 heterocycles. The number of benzene rings is 1. The standard InChI is InChI=1S/C19H25ClN4O.ClH/c1-12-18(11-19(25)22-16-7-5-15(21)6-8-16)13(2)24(23-12)17-9-3-14(20)4-10-17;/h3-4,9-10,15-16H,5-8,11,21H2,1-2H3,(H,22,25);1H. The van der Waals surface area contributed by atoms with E-state index in [9.17, 15) is 4.79 Å². The first-order valence-electron chi connectivity index (χ1n) is 8.80. The van der Waals surface area contributed by atoms with Crippen molar-refractivity contribution in [1.29, 1.82) is 0 Å². The Morgan fingerprint density at radius 3 is 2.46 bits per heavy atom. The maximum Gasteiger partial charge on any atom is 0.224 e. The molecular weight excluding hydrogens is 371 g/mol. The highest BCUT2D eigenvalue weighted by Gasteiger charge is 2.22. The molecule has 0 atom stereocenters. The Morgan fingerprint density at radius 1 is 1.23 bits per heavy atom. The summed E-state index contributed by atoms with van der Waals surface area (Å²) >= 11 is 5.96. The normalized spacial score (nSPS) is 19.7. The number of carbonyl (C=O) groups is 1. The van der Waals surface area contributed by atoms with Gasteiger partial charge in [0.15, 0.2) is 0 Å². The number of hydrogen-bond acceptors (Lipinski definition) is 3. The largest absolute Gasteiger partial charge is 0.353 e.